The third kappa shape index (κ3) is 2.60. The van der Waals surface area contributed by atoms with Crippen LogP contribution in [-0.4, -0.2) is 9.78 Å². The Bertz CT molecular complexity index is 814. The number of hydrogen-bond donors (Lipinski definition) is 1. The highest BCUT2D eigenvalue weighted by atomic mass is 35.5. The summed E-state index contributed by atoms with van der Waals surface area (Å²) in [5, 5.41) is 4.51. The van der Waals surface area contributed by atoms with Gasteiger partial charge in [-0.2, -0.15) is 5.10 Å². The van der Waals surface area contributed by atoms with Gasteiger partial charge in [0.2, 0.25) is 0 Å². The number of aromatic nitrogens is 2. The van der Waals surface area contributed by atoms with Crippen molar-refractivity contribution in [1.82, 2.24) is 9.78 Å². The Hall–Kier alpha value is -2.40. The molecule has 0 aliphatic heterocycles. The van der Waals surface area contributed by atoms with Crippen LogP contribution >= 0.6 is 11.6 Å². The van der Waals surface area contributed by atoms with E-state index in [0.717, 1.165) is 0 Å². The van der Waals surface area contributed by atoms with Gasteiger partial charge in [0.25, 0.3) is 0 Å². The molecule has 3 rings (SSSR count). The quantitative estimate of drug-likeness (QED) is 0.776. The van der Waals surface area contributed by atoms with E-state index in [9.17, 15) is 8.78 Å². The maximum Gasteiger partial charge on any atom is 0.125 e. The standard InChI is InChI=1S/C15H10ClF2N3/c16-13-7-10(18)4-5-12(13)15-14(19)8-21(20-15)11-3-1-2-9(17)6-11/h1-8H,19H2. The first kappa shape index (κ1) is 13.6. The Morgan fingerprint density at radius 3 is 2.52 bits per heavy atom. The van der Waals surface area contributed by atoms with E-state index >= 15 is 0 Å². The van der Waals surface area contributed by atoms with Crippen molar-refractivity contribution in [2.45, 2.75) is 0 Å². The minimum Gasteiger partial charge on any atom is -0.396 e. The second-order valence-electron chi connectivity index (χ2n) is 4.48. The normalized spacial score (nSPS) is 10.8. The lowest BCUT2D eigenvalue weighted by molar-refractivity contribution is 0.625. The number of nitrogens with two attached hydrogens (primary N) is 1. The van der Waals surface area contributed by atoms with Gasteiger partial charge in [-0.15, -0.1) is 0 Å². The largest absolute Gasteiger partial charge is 0.396 e. The predicted octanol–water partition coefficient (Wildman–Crippen LogP) is 4.05. The van der Waals surface area contributed by atoms with Crippen LogP contribution < -0.4 is 5.73 Å². The summed E-state index contributed by atoms with van der Waals surface area (Å²) in [7, 11) is 0. The Kier molecular flexibility index (Phi) is 3.35. The van der Waals surface area contributed by atoms with Crippen molar-refractivity contribution in [2.75, 3.05) is 5.73 Å². The van der Waals surface area contributed by atoms with Crippen molar-refractivity contribution in [3.8, 4) is 16.9 Å². The number of halogens is 3. The van der Waals surface area contributed by atoms with Crippen LogP contribution in [0.25, 0.3) is 16.9 Å². The van der Waals surface area contributed by atoms with E-state index in [4.69, 9.17) is 17.3 Å². The van der Waals surface area contributed by atoms with Crippen molar-refractivity contribution in [2.24, 2.45) is 0 Å². The number of nitrogen functional groups attached to an aromatic ring is 1. The molecule has 0 aliphatic rings. The zero-order valence-electron chi connectivity index (χ0n) is 10.7. The molecule has 0 aliphatic carbocycles. The molecule has 0 amide bonds. The molecule has 106 valence electrons. The Morgan fingerprint density at radius 2 is 1.81 bits per heavy atom. The summed E-state index contributed by atoms with van der Waals surface area (Å²) in [6, 6.07) is 9.93. The molecule has 0 saturated carbocycles. The van der Waals surface area contributed by atoms with Crippen LogP contribution in [0.2, 0.25) is 5.02 Å². The molecule has 2 N–H and O–H groups in total. The molecule has 1 heterocycles. The van der Waals surface area contributed by atoms with E-state index < -0.39 is 5.82 Å². The van der Waals surface area contributed by atoms with Gasteiger partial charge >= 0.3 is 0 Å². The number of nitrogens with zero attached hydrogens (tertiary/aromatic N) is 2. The lowest BCUT2D eigenvalue weighted by Gasteiger charge is -2.03. The molecular formula is C15H10ClF2N3. The molecule has 3 aromatic rings. The van der Waals surface area contributed by atoms with E-state index in [1.165, 1.54) is 35.0 Å². The predicted molar refractivity (Wildman–Crippen MR) is 78.3 cm³/mol. The summed E-state index contributed by atoms with van der Waals surface area (Å²) in [6.07, 6.45) is 1.56. The van der Waals surface area contributed by atoms with Crippen molar-refractivity contribution >= 4 is 17.3 Å². The first-order chi connectivity index (χ1) is 10.0. The third-order valence-corrected chi connectivity index (χ3v) is 3.31. The zero-order chi connectivity index (χ0) is 15.0. The molecule has 0 radical (unpaired) electrons. The van der Waals surface area contributed by atoms with Gasteiger partial charge in [0.1, 0.15) is 17.3 Å². The number of rotatable bonds is 2. The van der Waals surface area contributed by atoms with E-state index in [1.54, 1.807) is 18.3 Å². The van der Waals surface area contributed by atoms with Gasteiger partial charge in [-0.05, 0) is 36.4 Å². The molecule has 0 atom stereocenters. The SMILES string of the molecule is Nc1cn(-c2cccc(F)c2)nc1-c1ccc(F)cc1Cl. The fourth-order valence-corrected chi connectivity index (χ4v) is 2.29. The molecule has 0 bridgehead atoms. The van der Waals surface area contributed by atoms with Crippen molar-refractivity contribution in [3.05, 3.63) is 65.3 Å². The highest BCUT2D eigenvalue weighted by Gasteiger charge is 2.13. The number of anilines is 1. The molecule has 0 saturated heterocycles. The highest BCUT2D eigenvalue weighted by molar-refractivity contribution is 6.33. The minimum atomic E-state index is -0.438. The molecule has 0 spiro atoms. The first-order valence-electron chi connectivity index (χ1n) is 6.11. The Balaban J connectivity index is 2.10. The van der Waals surface area contributed by atoms with Gasteiger partial charge in [0.15, 0.2) is 0 Å². The van der Waals surface area contributed by atoms with E-state index in [-0.39, 0.29) is 10.8 Å². The lowest BCUT2D eigenvalue weighted by atomic mass is 10.1. The van der Waals surface area contributed by atoms with Crippen LogP contribution in [-0.2, 0) is 0 Å². The average Bonchev–Trinajstić information content (AvgIpc) is 2.81. The summed E-state index contributed by atoms with van der Waals surface area (Å²) in [5.74, 6) is -0.810. The molecule has 3 nitrogen and oxygen atoms in total. The summed E-state index contributed by atoms with van der Waals surface area (Å²) in [5.41, 5.74) is 7.77. The smallest absolute Gasteiger partial charge is 0.125 e. The second kappa shape index (κ2) is 5.18. The highest BCUT2D eigenvalue weighted by Crippen LogP contribution is 2.31. The Morgan fingerprint density at radius 1 is 1.05 bits per heavy atom. The Labute approximate surface area is 124 Å². The molecule has 0 fully saturated rings. The topological polar surface area (TPSA) is 43.8 Å². The van der Waals surface area contributed by atoms with Crippen LogP contribution in [0.15, 0.2) is 48.7 Å². The maximum absolute atomic E-state index is 13.3. The van der Waals surface area contributed by atoms with Crippen molar-refractivity contribution in [3.63, 3.8) is 0 Å². The minimum absolute atomic E-state index is 0.214. The van der Waals surface area contributed by atoms with Gasteiger partial charge in [0, 0.05) is 5.56 Å². The molecule has 2 aromatic carbocycles. The lowest BCUT2D eigenvalue weighted by Crippen LogP contribution is -1.95. The van der Waals surface area contributed by atoms with E-state index in [1.807, 2.05) is 0 Å². The van der Waals surface area contributed by atoms with Gasteiger partial charge < -0.3 is 5.73 Å². The van der Waals surface area contributed by atoms with Crippen LogP contribution in [0.1, 0.15) is 0 Å². The number of hydrogen-bond acceptors (Lipinski definition) is 2. The van der Waals surface area contributed by atoms with E-state index in [2.05, 4.69) is 5.10 Å². The fraction of sp³-hybridized carbons (Fsp3) is 0. The summed E-state index contributed by atoms with van der Waals surface area (Å²) >= 11 is 6.01. The van der Waals surface area contributed by atoms with Crippen LogP contribution in [0.4, 0.5) is 14.5 Å². The second-order valence-corrected chi connectivity index (χ2v) is 4.89. The molecular weight excluding hydrogens is 296 g/mol. The third-order valence-electron chi connectivity index (χ3n) is 3.00. The molecule has 0 unspecified atom stereocenters. The zero-order valence-corrected chi connectivity index (χ0v) is 11.5. The van der Waals surface area contributed by atoms with Gasteiger partial charge in [0.05, 0.1) is 22.6 Å². The van der Waals surface area contributed by atoms with Crippen LogP contribution in [0.3, 0.4) is 0 Å². The maximum atomic E-state index is 13.3. The molecule has 1 aromatic heterocycles. The number of benzene rings is 2. The summed E-state index contributed by atoms with van der Waals surface area (Å²) < 4.78 is 27.8. The average molecular weight is 306 g/mol. The fourth-order valence-electron chi connectivity index (χ4n) is 2.03. The van der Waals surface area contributed by atoms with Crippen molar-refractivity contribution < 1.29 is 8.78 Å². The van der Waals surface area contributed by atoms with E-state index in [0.29, 0.717) is 22.6 Å². The molecule has 6 heteroatoms. The van der Waals surface area contributed by atoms with Crippen molar-refractivity contribution in [1.29, 1.82) is 0 Å². The monoisotopic (exact) mass is 305 g/mol. The van der Waals surface area contributed by atoms with Crippen LogP contribution in [0, 0.1) is 11.6 Å². The summed E-state index contributed by atoms with van der Waals surface area (Å²) in [6.45, 7) is 0. The van der Waals surface area contributed by atoms with Gasteiger partial charge in [-0.1, -0.05) is 17.7 Å². The van der Waals surface area contributed by atoms with Crippen LogP contribution in [0.5, 0.6) is 0 Å². The van der Waals surface area contributed by atoms with Gasteiger partial charge in [-0.25, -0.2) is 13.5 Å². The summed E-state index contributed by atoms with van der Waals surface area (Å²) in [4.78, 5) is 0. The first-order valence-corrected chi connectivity index (χ1v) is 6.49. The van der Waals surface area contributed by atoms with Gasteiger partial charge in [-0.3, -0.25) is 0 Å². The molecule has 21 heavy (non-hydrogen) atoms.